The number of benzene rings is 1. The predicted molar refractivity (Wildman–Crippen MR) is 71.6 cm³/mol. The molecule has 0 aromatic heterocycles. The average molecular weight is 301 g/mol. The molecule has 0 bridgehead atoms. The molecular formula is C14H18F3N3O. The third-order valence-electron chi connectivity index (χ3n) is 3.42. The van der Waals surface area contributed by atoms with Gasteiger partial charge in [0.25, 0.3) is 0 Å². The second-order valence-electron chi connectivity index (χ2n) is 5.19. The van der Waals surface area contributed by atoms with Gasteiger partial charge in [-0.25, -0.2) is 18.6 Å². The molecule has 7 heteroatoms. The molecule has 21 heavy (non-hydrogen) atoms. The van der Waals surface area contributed by atoms with Gasteiger partial charge in [0.1, 0.15) is 5.82 Å². The van der Waals surface area contributed by atoms with Crippen molar-refractivity contribution >= 4 is 5.91 Å². The highest BCUT2D eigenvalue weighted by atomic mass is 19.2. The number of halogens is 3. The molecule has 1 aliphatic rings. The van der Waals surface area contributed by atoms with Crippen LogP contribution in [0.1, 0.15) is 24.8 Å². The smallest absolute Gasteiger partial charge is 0.238 e. The Morgan fingerprint density at radius 2 is 1.95 bits per heavy atom. The number of nitrogens with zero attached hydrogens (tertiary/aromatic N) is 1. The van der Waals surface area contributed by atoms with E-state index in [1.807, 2.05) is 0 Å². The maximum Gasteiger partial charge on any atom is 0.238 e. The van der Waals surface area contributed by atoms with Crippen LogP contribution >= 0.6 is 0 Å². The molecule has 3 N–H and O–H groups in total. The second kappa shape index (κ2) is 6.91. The molecule has 1 aromatic carbocycles. The van der Waals surface area contributed by atoms with Gasteiger partial charge in [0.05, 0.1) is 0 Å². The van der Waals surface area contributed by atoms with Crippen LogP contribution in [0.4, 0.5) is 13.2 Å². The van der Waals surface area contributed by atoms with Crippen molar-refractivity contribution in [3.63, 3.8) is 0 Å². The number of nitrogens with two attached hydrogens (primary N) is 1. The minimum Gasteiger partial charge on any atom is -0.327 e. The quantitative estimate of drug-likeness (QED) is 0.829. The molecule has 0 aliphatic carbocycles. The van der Waals surface area contributed by atoms with E-state index < -0.39 is 23.5 Å². The highest BCUT2D eigenvalue weighted by Gasteiger charge is 2.20. The van der Waals surface area contributed by atoms with E-state index in [-0.39, 0.29) is 24.3 Å². The normalized spacial score (nSPS) is 16.9. The number of hydrogen-bond acceptors (Lipinski definition) is 3. The number of carbonyl (C=O) groups is 1. The number of hydrazine groups is 1. The van der Waals surface area contributed by atoms with Gasteiger partial charge in [0, 0.05) is 31.6 Å². The molecule has 4 nitrogen and oxygen atoms in total. The van der Waals surface area contributed by atoms with E-state index in [1.165, 1.54) is 5.01 Å². The average Bonchev–Trinajstić information content (AvgIpc) is 2.45. The van der Waals surface area contributed by atoms with Crippen molar-refractivity contribution in [3.8, 4) is 0 Å². The molecule has 1 fully saturated rings. The third-order valence-corrected chi connectivity index (χ3v) is 3.42. The summed E-state index contributed by atoms with van der Waals surface area (Å²) in [7, 11) is 0. The minimum absolute atomic E-state index is 0.0193. The summed E-state index contributed by atoms with van der Waals surface area (Å²) >= 11 is 0. The lowest BCUT2D eigenvalue weighted by Gasteiger charge is -2.28. The molecule has 0 saturated carbocycles. The van der Waals surface area contributed by atoms with E-state index in [4.69, 9.17) is 5.73 Å². The van der Waals surface area contributed by atoms with E-state index in [1.54, 1.807) is 0 Å². The van der Waals surface area contributed by atoms with Crippen LogP contribution in [-0.2, 0) is 11.2 Å². The Morgan fingerprint density at radius 3 is 2.62 bits per heavy atom. The van der Waals surface area contributed by atoms with Crippen LogP contribution in [0.15, 0.2) is 12.1 Å². The Kier molecular flexibility index (Phi) is 5.19. The molecule has 116 valence electrons. The zero-order valence-corrected chi connectivity index (χ0v) is 11.5. The molecule has 2 rings (SSSR count). The molecular weight excluding hydrogens is 283 g/mol. The molecule has 1 amide bonds. The van der Waals surface area contributed by atoms with E-state index >= 15 is 0 Å². The summed E-state index contributed by atoms with van der Waals surface area (Å²) in [6.07, 6.45) is 1.93. The number of amides is 1. The van der Waals surface area contributed by atoms with Gasteiger partial charge in [-0.15, -0.1) is 0 Å². The maximum atomic E-state index is 13.5. The lowest BCUT2D eigenvalue weighted by atomic mass is 10.0. The van der Waals surface area contributed by atoms with Crippen LogP contribution in [-0.4, -0.2) is 30.0 Å². The van der Waals surface area contributed by atoms with Gasteiger partial charge in [-0.3, -0.25) is 9.80 Å². The Balaban J connectivity index is 1.93. The lowest BCUT2D eigenvalue weighted by molar-refractivity contribution is -0.135. The second-order valence-corrected chi connectivity index (χ2v) is 5.19. The van der Waals surface area contributed by atoms with Crippen molar-refractivity contribution in [1.29, 1.82) is 0 Å². The topological polar surface area (TPSA) is 58.4 Å². The zero-order chi connectivity index (χ0) is 15.4. The molecule has 1 atom stereocenters. The van der Waals surface area contributed by atoms with Crippen molar-refractivity contribution < 1.29 is 18.0 Å². The van der Waals surface area contributed by atoms with Gasteiger partial charge < -0.3 is 5.73 Å². The van der Waals surface area contributed by atoms with Gasteiger partial charge in [-0.05, 0) is 30.9 Å². The number of nitrogens with one attached hydrogen (secondary N) is 1. The summed E-state index contributed by atoms with van der Waals surface area (Å²) in [4.78, 5) is 12.0. The molecule has 1 aromatic rings. The SMILES string of the molecule is N[C@@H](CC(=O)N1CCCCN1)Cc1cc(F)c(F)cc1F. The predicted octanol–water partition coefficient (Wildman–Crippen LogP) is 1.49. The van der Waals surface area contributed by atoms with E-state index in [9.17, 15) is 18.0 Å². The number of rotatable bonds is 4. The summed E-state index contributed by atoms with van der Waals surface area (Å²) in [6, 6.07) is 0.625. The largest absolute Gasteiger partial charge is 0.327 e. The molecule has 0 spiro atoms. The molecule has 0 unspecified atom stereocenters. The van der Waals surface area contributed by atoms with Crippen LogP contribution in [0.2, 0.25) is 0 Å². The summed E-state index contributed by atoms with van der Waals surface area (Å²) < 4.78 is 39.4. The first-order chi connectivity index (χ1) is 9.97. The van der Waals surface area contributed by atoms with Crippen molar-refractivity contribution in [2.75, 3.05) is 13.1 Å². The lowest BCUT2D eigenvalue weighted by Crippen LogP contribution is -2.48. The Hall–Kier alpha value is -1.60. The fourth-order valence-corrected chi connectivity index (χ4v) is 2.31. The summed E-state index contributed by atoms with van der Waals surface area (Å²) in [5, 5.41) is 1.50. The zero-order valence-electron chi connectivity index (χ0n) is 11.5. The maximum absolute atomic E-state index is 13.5. The monoisotopic (exact) mass is 301 g/mol. The summed E-state index contributed by atoms with van der Waals surface area (Å²) in [5.74, 6) is -3.39. The Labute approximate surface area is 121 Å². The highest BCUT2D eigenvalue weighted by Crippen LogP contribution is 2.16. The number of hydrogen-bond donors (Lipinski definition) is 2. The van der Waals surface area contributed by atoms with Gasteiger partial charge in [0.15, 0.2) is 11.6 Å². The minimum atomic E-state index is -1.24. The molecule has 1 heterocycles. The van der Waals surface area contributed by atoms with Crippen molar-refractivity contribution in [3.05, 3.63) is 35.1 Å². The number of carbonyl (C=O) groups excluding carboxylic acids is 1. The van der Waals surface area contributed by atoms with Gasteiger partial charge in [0.2, 0.25) is 5.91 Å². The fourth-order valence-electron chi connectivity index (χ4n) is 2.31. The summed E-state index contributed by atoms with van der Waals surface area (Å²) in [5.41, 5.74) is 8.75. The van der Waals surface area contributed by atoms with Crippen LogP contribution in [0, 0.1) is 17.5 Å². The molecule has 1 aliphatic heterocycles. The van der Waals surface area contributed by atoms with Crippen molar-refractivity contribution in [2.24, 2.45) is 5.73 Å². The van der Waals surface area contributed by atoms with Gasteiger partial charge in [-0.2, -0.15) is 0 Å². The first-order valence-electron chi connectivity index (χ1n) is 6.90. The summed E-state index contributed by atoms with van der Waals surface area (Å²) in [6.45, 7) is 1.35. The fraction of sp³-hybridized carbons (Fsp3) is 0.500. The molecule has 0 radical (unpaired) electrons. The van der Waals surface area contributed by atoms with E-state index in [0.29, 0.717) is 12.6 Å². The van der Waals surface area contributed by atoms with Gasteiger partial charge >= 0.3 is 0 Å². The van der Waals surface area contributed by atoms with Crippen LogP contribution in [0.3, 0.4) is 0 Å². The van der Waals surface area contributed by atoms with Crippen LogP contribution in [0.5, 0.6) is 0 Å². The van der Waals surface area contributed by atoms with E-state index in [0.717, 1.165) is 25.5 Å². The third kappa shape index (κ3) is 4.18. The van der Waals surface area contributed by atoms with Crippen LogP contribution < -0.4 is 11.2 Å². The Morgan fingerprint density at radius 1 is 1.24 bits per heavy atom. The van der Waals surface area contributed by atoms with Crippen LogP contribution in [0.25, 0.3) is 0 Å². The standard InChI is InChI=1S/C14H18F3N3O/c15-11-8-13(17)12(16)6-9(11)5-10(18)7-14(21)20-4-2-1-3-19-20/h6,8,10,19H,1-5,7,18H2/t10-/m1/s1. The molecule has 1 saturated heterocycles. The highest BCUT2D eigenvalue weighted by molar-refractivity contribution is 5.76. The first-order valence-corrected chi connectivity index (χ1v) is 6.90. The van der Waals surface area contributed by atoms with Crippen molar-refractivity contribution in [1.82, 2.24) is 10.4 Å². The van der Waals surface area contributed by atoms with E-state index in [2.05, 4.69) is 5.43 Å². The van der Waals surface area contributed by atoms with Gasteiger partial charge in [-0.1, -0.05) is 0 Å². The first kappa shape index (κ1) is 15.8. The Bertz CT molecular complexity index is 518. The van der Waals surface area contributed by atoms with Crippen molar-refractivity contribution in [2.45, 2.75) is 31.7 Å².